The number of methoxy groups -OCH3 is 1. The summed E-state index contributed by atoms with van der Waals surface area (Å²) < 4.78 is 6.83. The molecule has 1 aromatic carbocycles. The van der Waals surface area contributed by atoms with Gasteiger partial charge in [0.2, 0.25) is 5.91 Å². The molecule has 158 valence electrons. The molecular formula is C23H28N4O3. The molecule has 0 bridgehead atoms. The Kier molecular flexibility index (Phi) is 7.63. The molecule has 0 atom stereocenters. The molecular weight excluding hydrogens is 380 g/mol. The number of benzene rings is 1. The Hall–Kier alpha value is -3.11. The summed E-state index contributed by atoms with van der Waals surface area (Å²) in [5.74, 6) is -0.431. The van der Waals surface area contributed by atoms with Gasteiger partial charge in [-0.05, 0) is 31.4 Å². The van der Waals surface area contributed by atoms with Crippen LogP contribution >= 0.6 is 0 Å². The summed E-state index contributed by atoms with van der Waals surface area (Å²) in [5, 5.41) is 16.3. The van der Waals surface area contributed by atoms with Crippen molar-refractivity contribution in [2.24, 2.45) is 0 Å². The largest absolute Gasteiger partial charge is 0.385 e. The fourth-order valence-corrected chi connectivity index (χ4v) is 3.81. The smallest absolute Gasteiger partial charge is 0.262 e. The van der Waals surface area contributed by atoms with Crippen molar-refractivity contribution >= 4 is 28.8 Å². The monoisotopic (exact) mass is 408 g/mol. The van der Waals surface area contributed by atoms with Crippen LogP contribution < -0.4 is 10.6 Å². The van der Waals surface area contributed by atoms with Gasteiger partial charge in [0.1, 0.15) is 18.2 Å². The predicted molar refractivity (Wildman–Crippen MR) is 115 cm³/mol. The van der Waals surface area contributed by atoms with Crippen LogP contribution in [0.2, 0.25) is 0 Å². The highest BCUT2D eigenvalue weighted by Gasteiger charge is 2.20. The van der Waals surface area contributed by atoms with Crippen molar-refractivity contribution in [1.29, 1.82) is 5.26 Å². The number of rotatable bonds is 9. The van der Waals surface area contributed by atoms with E-state index in [1.807, 2.05) is 41.1 Å². The third-order valence-corrected chi connectivity index (χ3v) is 5.34. The number of hydrogen-bond acceptors (Lipinski definition) is 4. The molecule has 0 radical (unpaired) electrons. The van der Waals surface area contributed by atoms with Gasteiger partial charge in [-0.2, -0.15) is 5.26 Å². The molecule has 2 amide bonds. The summed E-state index contributed by atoms with van der Waals surface area (Å²) in [4.78, 5) is 24.8. The number of ether oxygens (including phenoxy) is 1. The number of nitrogens with zero attached hydrogens (tertiary/aromatic N) is 2. The Morgan fingerprint density at radius 1 is 1.30 bits per heavy atom. The van der Waals surface area contributed by atoms with Crippen LogP contribution in [0, 0.1) is 11.3 Å². The summed E-state index contributed by atoms with van der Waals surface area (Å²) in [6.07, 6.45) is 8.32. The molecule has 1 heterocycles. The highest BCUT2D eigenvalue weighted by Crippen LogP contribution is 2.24. The number of nitriles is 1. The van der Waals surface area contributed by atoms with Crippen molar-refractivity contribution < 1.29 is 14.3 Å². The summed E-state index contributed by atoms with van der Waals surface area (Å²) in [7, 11) is 1.63. The first-order valence-corrected chi connectivity index (χ1v) is 10.4. The predicted octanol–water partition coefficient (Wildman–Crippen LogP) is 2.76. The number of aromatic nitrogens is 1. The first kappa shape index (κ1) is 21.6. The summed E-state index contributed by atoms with van der Waals surface area (Å²) in [6.45, 7) is 1.32. The standard InChI is InChI=1S/C23H28N4O3/c1-30-12-6-11-25-22(28)16-27-15-18(20-9-4-5-10-21(20)27)13-17(14-24)23(29)26-19-7-2-3-8-19/h4-5,9-10,13,15,19H,2-3,6-8,11-12,16H2,1H3,(H,25,28)(H,26,29)/b17-13+. The fraction of sp³-hybridized carbons (Fsp3) is 0.435. The molecule has 3 rings (SSSR count). The van der Waals surface area contributed by atoms with E-state index in [4.69, 9.17) is 4.74 Å². The van der Waals surface area contributed by atoms with Crippen LogP contribution in [-0.4, -0.2) is 42.7 Å². The van der Waals surface area contributed by atoms with E-state index in [2.05, 4.69) is 10.6 Å². The molecule has 7 nitrogen and oxygen atoms in total. The number of amides is 2. The third-order valence-electron chi connectivity index (χ3n) is 5.34. The summed E-state index contributed by atoms with van der Waals surface area (Å²) >= 11 is 0. The van der Waals surface area contributed by atoms with Crippen molar-refractivity contribution in [1.82, 2.24) is 15.2 Å². The number of para-hydroxylation sites is 1. The zero-order valence-corrected chi connectivity index (χ0v) is 17.3. The lowest BCUT2D eigenvalue weighted by Gasteiger charge is -2.10. The van der Waals surface area contributed by atoms with Gasteiger partial charge in [-0.15, -0.1) is 0 Å². The normalized spacial score (nSPS) is 14.6. The highest BCUT2D eigenvalue weighted by molar-refractivity contribution is 6.04. The van der Waals surface area contributed by atoms with E-state index in [1.54, 1.807) is 13.2 Å². The van der Waals surface area contributed by atoms with Crippen LogP contribution in [0.4, 0.5) is 0 Å². The van der Waals surface area contributed by atoms with Gasteiger partial charge in [-0.1, -0.05) is 31.0 Å². The maximum Gasteiger partial charge on any atom is 0.262 e. The molecule has 1 aromatic heterocycles. The van der Waals surface area contributed by atoms with Crippen molar-refractivity contribution in [2.45, 2.75) is 44.7 Å². The van der Waals surface area contributed by atoms with Crippen LogP contribution in [0.1, 0.15) is 37.7 Å². The average Bonchev–Trinajstić information content (AvgIpc) is 3.38. The zero-order valence-electron chi connectivity index (χ0n) is 17.3. The van der Waals surface area contributed by atoms with Crippen molar-refractivity contribution in [3.63, 3.8) is 0 Å². The Bertz CT molecular complexity index is 964. The molecule has 0 spiro atoms. The van der Waals surface area contributed by atoms with Crippen molar-refractivity contribution in [2.75, 3.05) is 20.3 Å². The van der Waals surface area contributed by atoms with E-state index >= 15 is 0 Å². The Morgan fingerprint density at radius 3 is 2.80 bits per heavy atom. The van der Waals surface area contributed by atoms with Gasteiger partial charge in [0.15, 0.2) is 0 Å². The molecule has 0 unspecified atom stereocenters. The maximum absolute atomic E-state index is 12.5. The lowest BCUT2D eigenvalue weighted by molar-refractivity contribution is -0.121. The van der Waals surface area contributed by atoms with Gasteiger partial charge in [-0.3, -0.25) is 9.59 Å². The van der Waals surface area contributed by atoms with E-state index in [0.29, 0.717) is 13.2 Å². The molecule has 0 aliphatic heterocycles. The van der Waals surface area contributed by atoms with Gasteiger partial charge in [0, 0.05) is 49.0 Å². The SMILES string of the molecule is COCCCNC(=O)Cn1cc(/C=C(\C#N)C(=O)NC2CCCC2)c2ccccc21. The minimum absolute atomic E-state index is 0.0776. The first-order chi connectivity index (χ1) is 14.6. The molecule has 1 aliphatic rings. The number of hydrogen-bond donors (Lipinski definition) is 2. The van der Waals surface area contributed by atoms with Gasteiger partial charge in [0.25, 0.3) is 5.91 Å². The molecule has 2 aromatic rings. The highest BCUT2D eigenvalue weighted by atomic mass is 16.5. The van der Waals surface area contributed by atoms with Crippen molar-refractivity contribution in [3.05, 3.63) is 41.6 Å². The molecule has 7 heteroatoms. The van der Waals surface area contributed by atoms with Gasteiger partial charge in [0.05, 0.1) is 0 Å². The second-order valence-corrected chi connectivity index (χ2v) is 7.55. The topological polar surface area (TPSA) is 96.2 Å². The van der Waals surface area contributed by atoms with Crippen LogP contribution in [0.25, 0.3) is 17.0 Å². The van der Waals surface area contributed by atoms with Gasteiger partial charge < -0.3 is 19.9 Å². The number of nitrogens with one attached hydrogen (secondary N) is 2. The molecule has 1 saturated carbocycles. The van der Waals surface area contributed by atoms with Crippen LogP contribution in [0.5, 0.6) is 0 Å². The Morgan fingerprint density at radius 2 is 2.07 bits per heavy atom. The van der Waals surface area contributed by atoms with E-state index < -0.39 is 0 Å². The van der Waals surface area contributed by atoms with Gasteiger partial charge >= 0.3 is 0 Å². The molecule has 0 saturated heterocycles. The second kappa shape index (κ2) is 10.6. The lowest BCUT2D eigenvalue weighted by atomic mass is 10.1. The summed E-state index contributed by atoms with van der Waals surface area (Å²) in [6, 6.07) is 9.84. The molecule has 1 aliphatic carbocycles. The van der Waals surface area contributed by atoms with E-state index in [-0.39, 0.29) is 30.0 Å². The Balaban J connectivity index is 1.78. The van der Waals surface area contributed by atoms with Crippen molar-refractivity contribution in [3.8, 4) is 6.07 Å². The fourth-order valence-electron chi connectivity index (χ4n) is 3.81. The molecule has 2 N–H and O–H groups in total. The third kappa shape index (κ3) is 5.49. The number of carbonyl (C=O) groups excluding carboxylic acids is 2. The zero-order chi connectivity index (χ0) is 21.3. The Labute approximate surface area is 176 Å². The minimum Gasteiger partial charge on any atom is -0.385 e. The second-order valence-electron chi connectivity index (χ2n) is 7.55. The minimum atomic E-state index is -0.336. The maximum atomic E-state index is 12.5. The van der Waals surface area contributed by atoms with E-state index in [1.165, 1.54) is 0 Å². The number of fused-ring (bicyclic) bond motifs is 1. The van der Waals surface area contributed by atoms with E-state index in [0.717, 1.165) is 48.6 Å². The number of carbonyl (C=O) groups is 2. The van der Waals surface area contributed by atoms with E-state index in [9.17, 15) is 14.9 Å². The molecule has 30 heavy (non-hydrogen) atoms. The quantitative estimate of drug-likeness (QED) is 0.379. The van der Waals surface area contributed by atoms with Crippen LogP contribution in [-0.2, 0) is 20.9 Å². The van der Waals surface area contributed by atoms with Crippen LogP contribution in [0.15, 0.2) is 36.0 Å². The first-order valence-electron chi connectivity index (χ1n) is 10.4. The van der Waals surface area contributed by atoms with Crippen LogP contribution in [0.3, 0.4) is 0 Å². The van der Waals surface area contributed by atoms with Gasteiger partial charge in [-0.25, -0.2) is 0 Å². The lowest BCUT2D eigenvalue weighted by Crippen LogP contribution is -2.33. The average molecular weight is 409 g/mol. The summed E-state index contributed by atoms with van der Waals surface area (Å²) in [5.41, 5.74) is 1.70. The molecule has 1 fully saturated rings.